The number of aryl methyl sites for hydroxylation is 3. The van der Waals surface area contributed by atoms with Crippen LogP contribution in [0, 0.1) is 6.92 Å². The lowest BCUT2D eigenvalue weighted by Gasteiger charge is -2.12. The maximum Gasteiger partial charge on any atom is 0.191 e. The Kier molecular flexibility index (Phi) is 9.39. The largest absolute Gasteiger partial charge is 0.494 e. The standard InChI is InChI=1S/C22H34N4O2/c1-5-20-19(21(6-2)28-26-20)16-25-22(23-7-3)24-14-8-9-15-27-18-12-10-17(4)11-13-18/h10-13H,5-9,14-16H2,1-4H3,(H2,23,24,25). The van der Waals surface area contributed by atoms with Gasteiger partial charge in [0, 0.05) is 25.1 Å². The summed E-state index contributed by atoms with van der Waals surface area (Å²) in [4.78, 5) is 4.71. The molecule has 0 saturated heterocycles. The van der Waals surface area contributed by atoms with Crippen molar-refractivity contribution in [2.24, 2.45) is 4.99 Å². The van der Waals surface area contributed by atoms with E-state index in [4.69, 9.17) is 14.3 Å². The van der Waals surface area contributed by atoms with Crippen molar-refractivity contribution in [3.8, 4) is 5.75 Å². The first-order chi connectivity index (χ1) is 13.7. The molecule has 2 aromatic rings. The number of aromatic nitrogens is 1. The minimum atomic E-state index is 0.585. The van der Waals surface area contributed by atoms with Crippen LogP contribution >= 0.6 is 0 Å². The van der Waals surface area contributed by atoms with E-state index in [-0.39, 0.29) is 0 Å². The molecular weight excluding hydrogens is 352 g/mol. The number of nitrogens with one attached hydrogen (secondary N) is 2. The third-order valence-electron chi connectivity index (χ3n) is 4.50. The van der Waals surface area contributed by atoms with Crippen LogP contribution < -0.4 is 15.4 Å². The van der Waals surface area contributed by atoms with Gasteiger partial charge in [-0.05, 0) is 45.2 Å². The molecule has 28 heavy (non-hydrogen) atoms. The van der Waals surface area contributed by atoms with E-state index in [0.717, 1.165) is 74.1 Å². The number of aliphatic imine (C=N–C) groups is 1. The van der Waals surface area contributed by atoms with Crippen LogP contribution in [0.2, 0.25) is 0 Å². The van der Waals surface area contributed by atoms with Crippen LogP contribution in [0.1, 0.15) is 56.2 Å². The molecule has 1 aromatic carbocycles. The average molecular weight is 387 g/mol. The fraction of sp³-hybridized carbons (Fsp3) is 0.545. The lowest BCUT2D eigenvalue weighted by Crippen LogP contribution is -2.37. The fourth-order valence-electron chi connectivity index (χ4n) is 2.87. The fourth-order valence-corrected chi connectivity index (χ4v) is 2.87. The number of guanidine groups is 1. The van der Waals surface area contributed by atoms with E-state index < -0.39 is 0 Å². The monoisotopic (exact) mass is 386 g/mol. The van der Waals surface area contributed by atoms with Crippen LogP contribution in [0.3, 0.4) is 0 Å². The summed E-state index contributed by atoms with van der Waals surface area (Å²) in [5.41, 5.74) is 3.37. The molecule has 0 fully saturated rings. The predicted molar refractivity (Wildman–Crippen MR) is 114 cm³/mol. The molecule has 0 atom stereocenters. The molecule has 0 amide bonds. The van der Waals surface area contributed by atoms with Crippen LogP contribution in [0.5, 0.6) is 5.75 Å². The summed E-state index contributed by atoms with van der Waals surface area (Å²) in [5, 5.41) is 10.9. The highest BCUT2D eigenvalue weighted by molar-refractivity contribution is 5.79. The zero-order valence-corrected chi connectivity index (χ0v) is 17.7. The number of ether oxygens (including phenoxy) is 1. The topological polar surface area (TPSA) is 71.7 Å². The molecule has 0 bridgehead atoms. The van der Waals surface area contributed by atoms with Gasteiger partial charge in [-0.1, -0.05) is 36.7 Å². The molecule has 0 spiro atoms. The summed E-state index contributed by atoms with van der Waals surface area (Å²) in [7, 11) is 0. The van der Waals surface area contributed by atoms with Crippen molar-refractivity contribution in [1.29, 1.82) is 0 Å². The van der Waals surface area contributed by atoms with Crippen molar-refractivity contribution in [1.82, 2.24) is 15.8 Å². The SMILES string of the molecule is CCNC(=NCc1c(CC)noc1CC)NCCCCOc1ccc(C)cc1. The van der Waals surface area contributed by atoms with Crippen molar-refractivity contribution >= 4 is 5.96 Å². The van der Waals surface area contributed by atoms with Gasteiger partial charge >= 0.3 is 0 Å². The van der Waals surface area contributed by atoms with E-state index in [0.29, 0.717) is 6.54 Å². The predicted octanol–water partition coefficient (Wildman–Crippen LogP) is 4.02. The molecule has 0 aliphatic carbocycles. The van der Waals surface area contributed by atoms with Gasteiger partial charge in [0.2, 0.25) is 0 Å². The second kappa shape index (κ2) is 12.1. The van der Waals surface area contributed by atoms with Crippen LogP contribution in [0.25, 0.3) is 0 Å². The number of unbranched alkanes of at least 4 members (excludes halogenated alkanes) is 1. The third kappa shape index (κ3) is 6.91. The van der Waals surface area contributed by atoms with E-state index in [9.17, 15) is 0 Å². The zero-order chi connectivity index (χ0) is 20.2. The van der Waals surface area contributed by atoms with Gasteiger partial charge in [0.05, 0.1) is 18.8 Å². The molecule has 6 heteroatoms. The molecule has 1 aromatic heterocycles. The summed E-state index contributed by atoms with van der Waals surface area (Å²) in [5.74, 6) is 2.69. The maximum absolute atomic E-state index is 5.77. The lowest BCUT2D eigenvalue weighted by molar-refractivity contribution is 0.307. The van der Waals surface area contributed by atoms with Gasteiger partial charge < -0.3 is 19.9 Å². The third-order valence-corrected chi connectivity index (χ3v) is 4.50. The number of hydrogen-bond acceptors (Lipinski definition) is 4. The highest BCUT2D eigenvalue weighted by atomic mass is 16.5. The minimum Gasteiger partial charge on any atom is -0.494 e. The van der Waals surface area contributed by atoms with Crippen molar-refractivity contribution in [2.45, 2.75) is 59.9 Å². The summed E-state index contributed by atoms with van der Waals surface area (Å²) in [6.45, 7) is 11.3. The van der Waals surface area contributed by atoms with Crippen LogP contribution in [-0.4, -0.2) is 30.8 Å². The Labute approximate surface area is 168 Å². The summed E-state index contributed by atoms with van der Waals surface area (Å²) in [6, 6.07) is 8.17. The number of benzene rings is 1. The average Bonchev–Trinajstić information content (AvgIpc) is 3.12. The van der Waals surface area contributed by atoms with E-state index in [2.05, 4.69) is 55.6 Å². The maximum atomic E-state index is 5.77. The number of rotatable bonds is 11. The molecule has 2 N–H and O–H groups in total. The van der Waals surface area contributed by atoms with E-state index >= 15 is 0 Å². The molecule has 0 radical (unpaired) electrons. The zero-order valence-electron chi connectivity index (χ0n) is 17.7. The van der Waals surface area contributed by atoms with Gasteiger partial charge in [-0.3, -0.25) is 0 Å². The molecule has 0 aliphatic heterocycles. The Bertz CT molecular complexity index is 701. The highest BCUT2D eigenvalue weighted by Crippen LogP contribution is 2.16. The summed E-state index contributed by atoms with van der Waals surface area (Å²) < 4.78 is 11.2. The first-order valence-electron chi connectivity index (χ1n) is 10.4. The molecule has 6 nitrogen and oxygen atoms in total. The quantitative estimate of drug-likeness (QED) is 0.347. The van der Waals surface area contributed by atoms with Gasteiger partial charge in [0.25, 0.3) is 0 Å². The van der Waals surface area contributed by atoms with Crippen LogP contribution in [0.15, 0.2) is 33.8 Å². The Balaban J connectivity index is 1.75. The Morgan fingerprint density at radius 1 is 1.07 bits per heavy atom. The lowest BCUT2D eigenvalue weighted by atomic mass is 10.1. The van der Waals surface area contributed by atoms with E-state index in [1.807, 2.05) is 12.1 Å². The summed E-state index contributed by atoms with van der Waals surface area (Å²) in [6.07, 6.45) is 3.71. The molecular formula is C22H34N4O2. The highest BCUT2D eigenvalue weighted by Gasteiger charge is 2.12. The van der Waals surface area contributed by atoms with Crippen molar-refractivity contribution < 1.29 is 9.26 Å². The summed E-state index contributed by atoms with van der Waals surface area (Å²) >= 11 is 0. The first-order valence-corrected chi connectivity index (χ1v) is 10.4. The molecule has 0 saturated carbocycles. The second-order valence-corrected chi connectivity index (χ2v) is 6.73. The van der Waals surface area contributed by atoms with Gasteiger partial charge in [-0.2, -0.15) is 0 Å². The Morgan fingerprint density at radius 3 is 2.54 bits per heavy atom. The molecule has 2 rings (SSSR count). The molecule has 154 valence electrons. The minimum absolute atomic E-state index is 0.585. The normalized spacial score (nSPS) is 11.5. The second-order valence-electron chi connectivity index (χ2n) is 6.73. The van der Waals surface area contributed by atoms with E-state index in [1.54, 1.807) is 0 Å². The molecule has 0 aliphatic rings. The Morgan fingerprint density at radius 2 is 1.86 bits per heavy atom. The number of hydrogen-bond donors (Lipinski definition) is 2. The van der Waals surface area contributed by atoms with Crippen molar-refractivity contribution in [3.63, 3.8) is 0 Å². The number of nitrogens with zero attached hydrogens (tertiary/aromatic N) is 2. The van der Waals surface area contributed by atoms with Gasteiger partial charge in [-0.25, -0.2) is 4.99 Å². The van der Waals surface area contributed by atoms with Gasteiger partial charge in [0.1, 0.15) is 11.5 Å². The molecule has 1 heterocycles. The van der Waals surface area contributed by atoms with Crippen molar-refractivity contribution in [2.75, 3.05) is 19.7 Å². The first kappa shape index (κ1) is 21.8. The Hall–Kier alpha value is -2.50. The van der Waals surface area contributed by atoms with Crippen LogP contribution in [0.4, 0.5) is 0 Å². The molecule has 0 unspecified atom stereocenters. The smallest absolute Gasteiger partial charge is 0.191 e. The van der Waals surface area contributed by atoms with E-state index in [1.165, 1.54) is 5.56 Å². The van der Waals surface area contributed by atoms with Gasteiger partial charge in [-0.15, -0.1) is 0 Å². The van der Waals surface area contributed by atoms with Gasteiger partial charge in [0.15, 0.2) is 5.96 Å². The van der Waals surface area contributed by atoms with Crippen LogP contribution in [-0.2, 0) is 19.4 Å². The van der Waals surface area contributed by atoms with Crippen molar-refractivity contribution in [3.05, 3.63) is 46.8 Å².